The molecule has 0 N–H and O–H groups in total. The summed E-state index contributed by atoms with van der Waals surface area (Å²) in [6.07, 6.45) is 12.5. The van der Waals surface area contributed by atoms with Gasteiger partial charge in [0.1, 0.15) is 0 Å². The lowest BCUT2D eigenvalue weighted by Crippen LogP contribution is -2.44. The molecule has 23 heavy (non-hydrogen) atoms. The van der Waals surface area contributed by atoms with E-state index >= 15 is 0 Å². The summed E-state index contributed by atoms with van der Waals surface area (Å²) in [6, 6.07) is 10.0. The maximum absolute atomic E-state index is 9.42. The Morgan fingerprint density at radius 2 is 1.35 bits per heavy atom. The third-order valence-corrected chi connectivity index (χ3v) is 5.07. The molecule has 0 aromatic heterocycles. The van der Waals surface area contributed by atoms with Gasteiger partial charge in [0.2, 0.25) is 0 Å². The third-order valence-electron chi connectivity index (χ3n) is 5.07. The van der Waals surface area contributed by atoms with Crippen LogP contribution in [0.25, 0.3) is 0 Å². The predicted octanol–water partition coefficient (Wildman–Crippen LogP) is 3.95. The highest BCUT2D eigenvalue weighted by Crippen LogP contribution is 2.24. The zero-order chi connectivity index (χ0) is 15.9. The summed E-state index contributed by atoms with van der Waals surface area (Å²) in [4.78, 5) is 0. The van der Waals surface area contributed by atoms with E-state index in [1.807, 2.05) is 24.3 Å². The van der Waals surface area contributed by atoms with E-state index in [0.717, 1.165) is 31.1 Å². The van der Waals surface area contributed by atoms with Crippen molar-refractivity contribution in [2.45, 2.75) is 76.4 Å². The van der Waals surface area contributed by atoms with E-state index in [4.69, 9.17) is 9.31 Å². The lowest BCUT2D eigenvalue weighted by atomic mass is 9.74. The SMILES string of the molecule is N#Cc1ccccc1B(OC1CCCCC1)OC1CCCCC1. The number of nitrogens with zero attached hydrogens (tertiary/aromatic N) is 1. The van der Waals surface area contributed by atoms with Crippen LogP contribution >= 0.6 is 0 Å². The molecule has 1 aromatic carbocycles. The van der Waals surface area contributed by atoms with Crippen LogP contribution in [-0.4, -0.2) is 19.3 Å². The maximum atomic E-state index is 9.42. The second-order valence-corrected chi connectivity index (χ2v) is 6.82. The second kappa shape index (κ2) is 8.52. The molecule has 0 amide bonds. The van der Waals surface area contributed by atoms with Crippen LogP contribution < -0.4 is 5.46 Å². The van der Waals surface area contributed by atoms with Gasteiger partial charge in [0.15, 0.2) is 0 Å². The highest BCUT2D eigenvalue weighted by atomic mass is 16.6. The van der Waals surface area contributed by atoms with Crippen molar-refractivity contribution in [3.63, 3.8) is 0 Å². The molecular weight excluding hydrogens is 285 g/mol. The minimum atomic E-state index is -0.392. The largest absolute Gasteiger partial charge is 0.495 e. The summed E-state index contributed by atoms with van der Waals surface area (Å²) in [5.74, 6) is 0. The van der Waals surface area contributed by atoms with Gasteiger partial charge in [0.05, 0.1) is 11.6 Å². The second-order valence-electron chi connectivity index (χ2n) is 6.82. The molecule has 4 heteroatoms. The van der Waals surface area contributed by atoms with Crippen molar-refractivity contribution < 1.29 is 9.31 Å². The first-order chi connectivity index (χ1) is 11.4. The third kappa shape index (κ3) is 4.59. The van der Waals surface area contributed by atoms with Crippen LogP contribution in [0.15, 0.2) is 24.3 Å². The molecule has 2 saturated carbocycles. The van der Waals surface area contributed by atoms with Crippen LogP contribution in [0.2, 0.25) is 0 Å². The Balaban J connectivity index is 1.75. The van der Waals surface area contributed by atoms with Crippen molar-refractivity contribution in [2.24, 2.45) is 0 Å². The van der Waals surface area contributed by atoms with Gasteiger partial charge in [-0.3, -0.25) is 0 Å². The zero-order valence-electron chi connectivity index (χ0n) is 13.9. The monoisotopic (exact) mass is 311 g/mol. The van der Waals surface area contributed by atoms with Gasteiger partial charge in [0.25, 0.3) is 0 Å². The molecule has 0 aliphatic heterocycles. The molecule has 0 heterocycles. The molecule has 1 aromatic rings. The van der Waals surface area contributed by atoms with Gasteiger partial charge in [0, 0.05) is 17.7 Å². The van der Waals surface area contributed by atoms with Crippen LogP contribution in [-0.2, 0) is 9.31 Å². The Labute approximate surface area is 140 Å². The van der Waals surface area contributed by atoms with Crippen molar-refractivity contribution in [2.75, 3.05) is 0 Å². The van der Waals surface area contributed by atoms with Crippen LogP contribution in [0.3, 0.4) is 0 Å². The van der Waals surface area contributed by atoms with E-state index in [-0.39, 0.29) is 12.2 Å². The number of benzene rings is 1. The van der Waals surface area contributed by atoms with Crippen molar-refractivity contribution in [1.82, 2.24) is 0 Å². The quantitative estimate of drug-likeness (QED) is 0.773. The molecule has 0 spiro atoms. The molecule has 2 aliphatic rings. The maximum Gasteiger partial charge on any atom is 0.495 e. The average molecular weight is 311 g/mol. The van der Waals surface area contributed by atoms with E-state index in [2.05, 4.69) is 6.07 Å². The molecule has 3 nitrogen and oxygen atoms in total. The van der Waals surface area contributed by atoms with Gasteiger partial charge < -0.3 is 9.31 Å². The van der Waals surface area contributed by atoms with Gasteiger partial charge >= 0.3 is 7.12 Å². The van der Waals surface area contributed by atoms with Crippen molar-refractivity contribution in [3.05, 3.63) is 29.8 Å². The minimum Gasteiger partial charge on any atom is -0.404 e. The van der Waals surface area contributed by atoms with Crippen molar-refractivity contribution in [1.29, 1.82) is 5.26 Å². The van der Waals surface area contributed by atoms with E-state index < -0.39 is 7.12 Å². The lowest BCUT2D eigenvalue weighted by Gasteiger charge is -2.30. The molecule has 0 radical (unpaired) electrons. The lowest BCUT2D eigenvalue weighted by molar-refractivity contribution is 0.0727. The molecule has 122 valence electrons. The Bertz CT molecular complexity index is 510. The highest BCUT2D eigenvalue weighted by molar-refractivity contribution is 6.62. The van der Waals surface area contributed by atoms with E-state index in [1.165, 1.54) is 38.5 Å². The van der Waals surface area contributed by atoms with Crippen LogP contribution in [0.1, 0.15) is 69.8 Å². The summed E-state index contributed by atoms with van der Waals surface area (Å²) in [7, 11) is -0.392. The number of hydrogen-bond acceptors (Lipinski definition) is 3. The van der Waals surface area contributed by atoms with Gasteiger partial charge in [-0.25, -0.2) is 0 Å². The van der Waals surface area contributed by atoms with Gasteiger partial charge in [-0.2, -0.15) is 5.26 Å². The molecule has 0 unspecified atom stereocenters. The van der Waals surface area contributed by atoms with E-state index in [1.54, 1.807) is 0 Å². The van der Waals surface area contributed by atoms with Gasteiger partial charge in [-0.1, -0.05) is 56.7 Å². The normalized spacial score (nSPS) is 20.1. The first-order valence-electron chi connectivity index (χ1n) is 9.17. The average Bonchev–Trinajstić information content (AvgIpc) is 2.63. The molecule has 2 fully saturated rings. The Morgan fingerprint density at radius 3 is 1.87 bits per heavy atom. The Morgan fingerprint density at radius 1 is 0.826 bits per heavy atom. The number of hydrogen-bond donors (Lipinski definition) is 0. The van der Waals surface area contributed by atoms with Crippen molar-refractivity contribution in [3.8, 4) is 6.07 Å². The summed E-state index contributed by atoms with van der Waals surface area (Å²) < 4.78 is 12.7. The van der Waals surface area contributed by atoms with Crippen LogP contribution in [0.5, 0.6) is 0 Å². The first kappa shape index (κ1) is 16.5. The number of rotatable bonds is 5. The topological polar surface area (TPSA) is 42.2 Å². The molecule has 0 saturated heterocycles. The van der Waals surface area contributed by atoms with Crippen molar-refractivity contribution >= 4 is 12.6 Å². The molecule has 0 atom stereocenters. The van der Waals surface area contributed by atoms with Gasteiger partial charge in [-0.15, -0.1) is 0 Å². The molecule has 2 aliphatic carbocycles. The molecule has 3 rings (SSSR count). The predicted molar refractivity (Wildman–Crippen MR) is 92.5 cm³/mol. The Kier molecular flexibility index (Phi) is 6.13. The number of nitriles is 1. The van der Waals surface area contributed by atoms with Crippen LogP contribution in [0.4, 0.5) is 0 Å². The standard InChI is InChI=1S/C19H26BNO2/c21-15-16-9-7-8-14-19(16)20(22-17-10-3-1-4-11-17)23-18-12-5-2-6-13-18/h7-9,14,17-18H,1-6,10-13H2. The fourth-order valence-electron chi connectivity index (χ4n) is 3.74. The summed E-state index contributed by atoms with van der Waals surface area (Å²) in [6.45, 7) is 0. The zero-order valence-corrected chi connectivity index (χ0v) is 13.9. The minimum absolute atomic E-state index is 0.268. The van der Waals surface area contributed by atoms with E-state index in [9.17, 15) is 5.26 Å². The fraction of sp³-hybridized carbons (Fsp3) is 0.632. The first-order valence-corrected chi connectivity index (χ1v) is 9.17. The summed E-state index contributed by atoms with van der Waals surface area (Å²) >= 11 is 0. The smallest absolute Gasteiger partial charge is 0.404 e. The fourth-order valence-corrected chi connectivity index (χ4v) is 3.74. The summed E-state index contributed by atoms with van der Waals surface area (Å²) in [5.41, 5.74) is 1.57. The van der Waals surface area contributed by atoms with Crippen LogP contribution in [0, 0.1) is 11.3 Å². The highest BCUT2D eigenvalue weighted by Gasteiger charge is 2.31. The molecule has 0 bridgehead atoms. The van der Waals surface area contributed by atoms with Gasteiger partial charge in [-0.05, 0) is 31.7 Å². The van der Waals surface area contributed by atoms with E-state index in [0.29, 0.717) is 5.56 Å². The Hall–Kier alpha value is -1.31. The summed E-state index contributed by atoms with van der Waals surface area (Å²) in [5, 5.41) is 9.42. The molecular formula is C19H26BNO2.